The van der Waals surface area contributed by atoms with Crippen LogP contribution in [0.2, 0.25) is 0 Å². The summed E-state index contributed by atoms with van der Waals surface area (Å²) in [7, 11) is 0. The van der Waals surface area contributed by atoms with Gasteiger partial charge in [-0.15, -0.1) is 23.1 Å². The van der Waals surface area contributed by atoms with Crippen molar-refractivity contribution in [3.63, 3.8) is 0 Å². The monoisotopic (exact) mass is 383 g/mol. The van der Waals surface area contributed by atoms with E-state index >= 15 is 0 Å². The first-order valence-corrected chi connectivity index (χ1v) is 10.6. The molecule has 134 valence electrons. The molecular formula is C20H21N3OS2. The minimum atomic E-state index is 0.235. The SMILES string of the molecule is O=C(CSc1ccccc1)N1CCN(Cc2nc3ccccc3s2)CC1. The van der Waals surface area contributed by atoms with E-state index < -0.39 is 0 Å². The first-order valence-electron chi connectivity index (χ1n) is 8.80. The second kappa shape index (κ2) is 8.20. The molecule has 0 bridgehead atoms. The molecule has 0 N–H and O–H groups in total. The van der Waals surface area contributed by atoms with Gasteiger partial charge in [0.2, 0.25) is 5.91 Å². The molecule has 1 fully saturated rings. The third kappa shape index (κ3) is 4.26. The molecular weight excluding hydrogens is 362 g/mol. The third-order valence-electron chi connectivity index (χ3n) is 4.53. The topological polar surface area (TPSA) is 36.4 Å². The molecule has 0 radical (unpaired) electrons. The Morgan fingerprint density at radius 1 is 1.00 bits per heavy atom. The molecule has 4 nitrogen and oxygen atoms in total. The lowest BCUT2D eigenvalue weighted by atomic mass is 10.3. The van der Waals surface area contributed by atoms with E-state index in [1.807, 2.05) is 41.3 Å². The smallest absolute Gasteiger partial charge is 0.233 e. The van der Waals surface area contributed by atoms with Gasteiger partial charge >= 0.3 is 0 Å². The van der Waals surface area contributed by atoms with Gasteiger partial charge in [0, 0.05) is 31.1 Å². The van der Waals surface area contributed by atoms with Crippen molar-refractivity contribution in [2.75, 3.05) is 31.9 Å². The Bertz CT molecular complexity index is 840. The number of amides is 1. The molecule has 26 heavy (non-hydrogen) atoms. The molecule has 0 atom stereocenters. The normalized spacial score (nSPS) is 15.5. The number of para-hydroxylation sites is 1. The predicted octanol–water partition coefficient (Wildman–Crippen LogP) is 3.73. The highest BCUT2D eigenvalue weighted by molar-refractivity contribution is 8.00. The fourth-order valence-electron chi connectivity index (χ4n) is 3.09. The van der Waals surface area contributed by atoms with Crippen LogP contribution in [0.4, 0.5) is 0 Å². The van der Waals surface area contributed by atoms with E-state index in [1.165, 1.54) is 4.70 Å². The molecule has 0 saturated carbocycles. The maximum absolute atomic E-state index is 12.4. The van der Waals surface area contributed by atoms with Gasteiger partial charge in [0.15, 0.2) is 0 Å². The van der Waals surface area contributed by atoms with Crippen LogP contribution in [0.5, 0.6) is 0 Å². The van der Waals surface area contributed by atoms with Crippen molar-refractivity contribution in [1.29, 1.82) is 0 Å². The highest BCUT2D eigenvalue weighted by Gasteiger charge is 2.21. The molecule has 1 aliphatic heterocycles. The summed E-state index contributed by atoms with van der Waals surface area (Å²) in [6.45, 7) is 4.31. The molecule has 1 aromatic heterocycles. The Labute approximate surface area is 161 Å². The van der Waals surface area contributed by atoms with Crippen LogP contribution in [-0.2, 0) is 11.3 Å². The van der Waals surface area contributed by atoms with Gasteiger partial charge in [-0.1, -0.05) is 30.3 Å². The Kier molecular flexibility index (Phi) is 5.53. The van der Waals surface area contributed by atoms with Gasteiger partial charge in [-0.2, -0.15) is 0 Å². The lowest BCUT2D eigenvalue weighted by Crippen LogP contribution is -2.48. The molecule has 0 spiro atoms. The van der Waals surface area contributed by atoms with Gasteiger partial charge in [0.05, 0.1) is 22.5 Å². The van der Waals surface area contributed by atoms with E-state index in [1.54, 1.807) is 23.1 Å². The Balaban J connectivity index is 1.26. The molecule has 6 heteroatoms. The van der Waals surface area contributed by atoms with Crippen molar-refractivity contribution in [3.8, 4) is 0 Å². The zero-order valence-corrected chi connectivity index (χ0v) is 16.1. The maximum atomic E-state index is 12.4. The van der Waals surface area contributed by atoms with Crippen LogP contribution in [0.1, 0.15) is 5.01 Å². The zero-order chi connectivity index (χ0) is 17.8. The Morgan fingerprint density at radius 3 is 2.50 bits per heavy atom. The number of rotatable bonds is 5. The number of hydrogen-bond acceptors (Lipinski definition) is 5. The van der Waals surface area contributed by atoms with Gasteiger partial charge in [-0.3, -0.25) is 9.69 Å². The Morgan fingerprint density at radius 2 is 1.73 bits per heavy atom. The average molecular weight is 384 g/mol. The lowest BCUT2D eigenvalue weighted by Gasteiger charge is -2.34. The van der Waals surface area contributed by atoms with Gasteiger partial charge in [0.25, 0.3) is 0 Å². The number of aromatic nitrogens is 1. The average Bonchev–Trinajstić information content (AvgIpc) is 3.10. The summed E-state index contributed by atoms with van der Waals surface area (Å²) in [4.78, 5) is 22.7. The molecule has 2 aromatic carbocycles. The number of carbonyl (C=O) groups excluding carboxylic acids is 1. The van der Waals surface area contributed by atoms with Crippen molar-refractivity contribution in [2.45, 2.75) is 11.4 Å². The number of fused-ring (bicyclic) bond motifs is 1. The van der Waals surface area contributed by atoms with E-state index in [-0.39, 0.29) is 5.91 Å². The number of thiazole rings is 1. The first kappa shape index (κ1) is 17.5. The summed E-state index contributed by atoms with van der Waals surface area (Å²) >= 11 is 3.38. The fourth-order valence-corrected chi connectivity index (χ4v) is 4.92. The molecule has 1 aliphatic rings. The lowest BCUT2D eigenvalue weighted by molar-refractivity contribution is -0.130. The summed E-state index contributed by atoms with van der Waals surface area (Å²) in [5.74, 6) is 0.750. The molecule has 2 heterocycles. The molecule has 4 rings (SSSR count). The highest BCUT2D eigenvalue weighted by atomic mass is 32.2. The number of carbonyl (C=O) groups is 1. The summed E-state index contributed by atoms with van der Waals surface area (Å²) < 4.78 is 1.24. The second-order valence-electron chi connectivity index (χ2n) is 6.33. The van der Waals surface area contributed by atoms with Crippen molar-refractivity contribution >= 4 is 39.2 Å². The molecule has 3 aromatic rings. The fraction of sp³-hybridized carbons (Fsp3) is 0.300. The minimum Gasteiger partial charge on any atom is -0.339 e. The van der Waals surface area contributed by atoms with E-state index in [9.17, 15) is 4.79 Å². The van der Waals surface area contributed by atoms with Crippen LogP contribution in [0.25, 0.3) is 10.2 Å². The van der Waals surface area contributed by atoms with Crippen LogP contribution in [0, 0.1) is 0 Å². The van der Waals surface area contributed by atoms with Gasteiger partial charge in [0.1, 0.15) is 5.01 Å². The van der Waals surface area contributed by atoms with E-state index in [0.717, 1.165) is 48.1 Å². The van der Waals surface area contributed by atoms with Crippen molar-refractivity contribution in [3.05, 3.63) is 59.6 Å². The van der Waals surface area contributed by atoms with Gasteiger partial charge < -0.3 is 4.90 Å². The molecule has 1 amide bonds. The minimum absolute atomic E-state index is 0.235. The molecule has 0 unspecified atom stereocenters. The van der Waals surface area contributed by atoms with Crippen LogP contribution >= 0.6 is 23.1 Å². The van der Waals surface area contributed by atoms with Crippen molar-refractivity contribution in [2.24, 2.45) is 0 Å². The van der Waals surface area contributed by atoms with Gasteiger partial charge in [-0.05, 0) is 24.3 Å². The van der Waals surface area contributed by atoms with Crippen LogP contribution in [0.3, 0.4) is 0 Å². The first-order chi connectivity index (χ1) is 12.8. The van der Waals surface area contributed by atoms with Crippen LogP contribution in [0.15, 0.2) is 59.5 Å². The largest absolute Gasteiger partial charge is 0.339 e. The third-order valence-corrected chi connectivity index (χ3v) is 6.55. The number of benzene rings is 2. The number of piperazine rings is 1. The van der Waals surface area contributed by atoms with E-state index in [0.29, 0.717) is 5.75 Å². The maximum Gasteiger partial charge on any atom is 0.233 e. The highest BCUT2D eigenvalue weighted by Crippen LogP contribution is 2.23. The van der Waals surface area contributed by atoms with Crippen LogP contribution in [-0.4, -0.2) is 52.6 Å². The Hall–Kier alpha value is -1.89. The summed E-state index contributed by atoms with van der Waals surface area (Å²) in [5.41, 5.74) is 1.08. The van der Waals surface area contributed by atoms with Crippen molar-refractivity contribution < 1.29 is 4.79 Å². The summed E-state index contributed by atoms with van der Waals surface area (Å²) in [5, 5.41) is 1.16. The molecule has 0 aliphatic carbocycles. The molecule has 1 saturated heterocycles. The number of hydrogen-bond donors (Lipinski definition) is 0. The van der Waals surface area contributed by atoms with E-state index in [2.05, 4.69) is 23.1 Å². The number of nitrogens with zero attached hydrogens (tertiary/aromatic N) is 3. The van der Waals surface area contributed by atoms with Crippen molar-refractivity contribution in [1.82, 2.24) is 14.8 Å². The quantitative estimate of drug-likeness (QED) is 0.629. The summed E-state index contributed by atoms with van der Waals surface area (Å²) in [6, 6.07) is 18.4. The summed E-state index contributed by atoms with van der Waals surface area (Å²) in [6.07, 6.45) is 0. The standard InChI is InChI=1S/C20H21N3OS2/c24-20(15-25-16-6-2-1-3-7-16)23-12-10-22(11-13-23)14-19-21-17-8-4-5-9-18(17)26-19/h1-9H,10-15H2. The van der Waals surface area contributed by atoms with E-state index in [4.69, 9.17) is 4.98 Å². The second-order valence-corrected chi connectivity index (χ2v) is 8.50. The number of thioether (sulfide) groups is 1. The van der Waals surface area contributed by atoms with Crippen LogP contribution < -0.4 is 0 Å². The zero-order valence-electron chi connectivity index (χ0n) is 14.5. The van der Waals surface area contributed by atoms with Gasteiger partial charge in [-0.25, -0.2) is 4.98 Å². The predicted molar refractivity (Wildman–Crippen MR) is 109 cm³/mol.